The highest BCUT2D eigenvalue weighted by molar-refractivity contribution is 5.87. The van der Waals surface area contributed by atoms with Gasteiger partial charge < -0.3 is 10.4 Å². The van der Waals surface area contributed by atoms with E-state index in [0.717, 1.165) is 12.1 Å². The van der Waals surface area contributed by atoms with E-state index in [1.807, 2.05) is 12.1 Å². The second kappa shape index (κ2) is 6.35. The second-order valence-electron chi connectivity index (χ2n) is 5.02. The molecule has 0 spiro atoms. The molecule has 3 heteroatoms. The Balaban J connectivity index is 1.94. The van der Waals surface area contributed by atoms with Crippen LogP contribution in [0.5, 0.6) is 0 Å². The summed E-state index contributed by atoms with van der Waals surface area (Å²) in [6.07, 6.45) is 0. The lowest BCUT2D eigenvalue weighted by Gasteiger charge is -2.14. The predicted octanol–water partition coefficient (Wildman–Crippen LogP) is 3.54. The number of nitrogens with one attached hydrogen (secondary N) is 1. The number of hydrogen-bond donors (Lipinski definition) is 2. The van der Waals surface area contributed by atoms with Gasteiger partial charge in [0.1, 0.15) is 0 Å². The van der Waals surface area contributed by atoms with E-state index in [4.69, 9.17) is 5.11 Å². The van der Waals surface area contributed by atoms with Gasteiger partial charge in [-0.3, -0.25) is 0 Å². The van der Waals surface area contributed by atoms with Crippen LogP contribution in [0.4, 0.5) is 0 Å². The summed E-state index contributed by atoms with van der Waals surface area (Å²) >= 11 is 0. The van der Waals surface area contributed by atoms with Crippen molar-refractivity contribution in [3.05, 3.63) is 70.8 Å². The number of hydrogen-bond acceptors (Lipinski definition) is 2. The molecule has 3 nitrogen and oxygen atoms in total. The molecule has 1 unspecified atom stereocenters. The summed E-state index contributed by atoms with van der Waals surface area (Å²) in [4.78, 5) is 10.8. The number of carboxylic acids is 1. The molecule has 0 bridgehead atoms. The van der Waals surface area contributed by atoms with Gasteiger partial charge in [-0.25, -0.2) is 4.79 Å². The van der Waals surface area contributed by atoms with Crippen LogP contribution in [0.3, 0.4) is 0 Å². The highest BCUT2D eigenvalue weighted by Crippen LogP contribution is 2.14. The molecule has 0 saturated heterocycles. The van der Waals surface area contributed by atoms with Gasteiger partial charge in [-0.05, 0) is 37.1 Å². The Morgan fingerprint density at radius 2 is 1.70 bits per heavy atom. The van der Waals surface area contributed by atoms with E-state index in [0.29, 0.717) is 5.56 Å². The molecule has 2 N–H and O–H groups in total. The van der Waals surface area contributed by atoms with Crippen molar-refractivity contribution in [1.82, 2.24) is 5.32 Å². The van der Waals surface area contributed by atoms with E-state index in [1.54, 1.807) is 12.1 Å². The maximum atomic E-state index is 10.8. The van der Waals surface area contributed by atoms with Gasteiger partial charge >= 0.3 is 5.97 Å². The summed E-state index contributed by atoms with van der Waals surface area (Å²) in [6, 6.07) is 15.7. The minimum Gasteiger partial charge on any atom is -0.478 e. The molecule has 0 aliphatic carbocycles. The summed E-state index contributed by atoms with van der Waals surface area (Å²) < 4.78 is 0. The van der Waals surface area contributed by atoms with Crippen LogP contribution in [-0.4, -0.2) is 11.1 Å². The normalized spacial score (nSPS) is 12.1. The van der Waals surface area contributed by atoms with Crippen molar-refractivity contribution in [2.24, 2.45) is 0 Å². The largest absolute Gasteiger partial charge is 0.478 e. The van der Waals surface area contributed by atoms with Crippen LogP contribution in [0.25, 0.3) is 0 Å². The first-order valence-corrected chi connectivity index (χ1v) is 6.68. The molecular formula is C17H19NO2. The highest BCUT2D eigenvalue weighted by atomic mass is 16.4. The third kappa shape index (κ3) is 3.68. The maximum absolute atomic E-state index is 10.8. The van der Waals surface area contributed by atoms with Crippen LogP contribution < -0.4 is 5.32 Å². The average Bonchev–Trinajstić information content (AvgIpc) is 2.46. The summed E-state index contributed by atoms with van der Waals surface area (Å²) in [5.41, 5.74) is 3.90. The third-order valence-electron chi connectivity index (χ3n) is 3.39. The van der Waals surface area contributed by atoms with Gasteiger partial charge in [-0.15, -0.1) is 0 Å². The summed E-state index contributed by atoms with van der Waals surface area (Å²) in [5.74, 6) is -0.891. The van der Waals surface area contributed by atoms with Crippen molar-refractivity contribution < 1.29 is 9.90 Å². The SMILES string of the molecule is Cc1ccc(C(C)NCc2ccc(C(=O)O)cc2)cc1. The van der Waals surface area contributed by atoms with Crippen LogP contribution in [0, 0.1) is 6.92 Å². The number of carbonyl (C=O) groups is 1. The fourth-order valence-corrected chi connectivity index (χ4v) is 2.01. The molecule has 2 aromatic rings. The number of aromatic carboxylic acids is 1. The van der Waals surface area contributed by atoms with E-state index in [-0.39, 0.29) is 6.04 Å². The van der Waals surface area contributed by atoms with Crippen molar-refractivity contribution in [1.29, 1.82) is 0 Å². The lowest BCUT2D eigenvalue weighted by molar-refractivity contribution is 0.0697. The standard InChI is InChI=1S/C17H19NO2/c1-12-3-7-15(8-4-12)13(2)18-11-14-5-9-16(10-6-14)17(19)20/h3-10,13,18H,11H2,1-2H3,(H,19,20). The molecule has 2 rings (SSSR count). The lowest BCUT2D eigenvalue weighted by atomic mass is 10.1. The minimum atomic E-state index is -0.891. The van der Waals surface area contributed by atoms with Gasteiger partial charge in [-0.1, -0.05) is 42.0 Å². The average molecular weight is 269 g/mol. The molecule has 0 aliphatic rings. The van der Waals surface area contributed by atoms with E-state index in [2.05, 4.69) is 43.4 Å². The molecule has 1 atom stereocenters. The van der Waals surface area contributed by atoms with Gasteiger partial charge in [0.05, 0.1) is 5.56 Å². The van der Waals surface area contributed by atoms with Crippen LogP contribution in [0.1, 0.15) is 40.0 Å². The summed E-state index contributed by atoms with van der Waals surface area (Å²) in [6.45, 7) is 4.91. The highest BCUT2D eigenvalue weighted by Gasteiger charge is 2.05. The number of benzene rings is 2. The zero-order valence-electron chi connectivity index (χ0n) is 11.8. The van der Waals surface area contributed by atoms with Gasteiger partial charge in [0.15, 0.2) is 0 Å². The molecule has 0 heterocycles. The fourth-order valence-electron chi connectivity index (χ4n) is 2.01. The zero-order valence-corrected chi connectivity index (χ0v) is 11.8. The molecule has 20 heavy (non-hydrogen) atoms. The van der Waals surface area contributed by atoms with Crippen molar-refractivity contribution in [2.45, 2.75) is 26.4 Å². The minimum absolute atomic E-state index is 0.259. The van der Waals surface area contributed by atoms with Crippen molar-refractivity contribution in [3.63, 3.8) is 0 Å². The number of carboxylic acid groups (broad SMARTS) is 1. The first-order valence-electron chi connectivity index (χ1n) is 6.68. The van der Waals surface area contributed by atoms with E-state index in [1.165, 1.54) is 11.1 Å². The Morgan fingerprint density at radius 3 is 2.25 bits per heavy atom. The Morgan fingerprint density at radius 1 is 1.10 bits per heavy atom. The van der Waals surface area contributed by atoms with E-state index < -0.39 is 5.97 Å². The molecule has 104 valence electrons. The molecule has 0 saturated carbocycles. The van der Waals surface area contributed by atoms with Crippen molar-refractivity contribution in [2.75, 3.05) is 0 Å². The Hall–Kier alpha value is -2.13. The number of rotatable bonds is 5. The molecule has 2 aromatic carbocycles. The monoisotopic (exact) mass is 269 g/mol. The Kier molecular flexibility index (Phi) is 4.53. The van der Waals surface area contributed by atoms with E-state index in [9.17, 15) is 4.79 Å². The topological polar surface area (TPSA) is 49.3 Å². The summed E-state index contributed by atoms with van der Waals surface area (Å²) in [7, 11) is 0. The molecule has 0 aliphatic heterocycles. The molecule has 0 radical (unpaired) electrons. The van der Waals surface area contributed by atoms with Gasteiger partial charge in [0.2, 0.25) is 0 Å². The molecule has 0 aromatic heterocycles. The molecular weight excluding hydrogens is 250 g/mol. The van der Waals surface area contributed by atoms with E-state index >= 15 is 0 Å². The van der Waals surface area contributed by atoms with Crippen LogP contribution in [0.15, 0.2) is 48.5 Å². The lowest BCUT2D eigenvalue weighted by Crippen LogP contribution is -2.18. The first kappa shape index (κ1) is 14.3. The quantitative estimate of drug-likeness (QED) is 0.872. The summed E-state index contributed by atoms with van der Waals surface area (Å²) in [5, 5.41) is 12.3. The second-order valence-corrected chi connectivity index (χ2v) is 5.02. The Labute approximate surface area is 119 Å². The maximum Gasteiger partial charge on any atom is 0.335 e. The molecule has 0 amide bonds. The van der Waals surface area contributed by atoms with Gasteiger partial charge in [0, 0.05) is 12.6 Å². The van der Waals surface area contributed by atoms with Gasteiger partial charge in [0.25, 0.3) is 0 Å². The van der Waals surface area contributed by atoms with Crippen LogP contribution >= 0.6 is 0 Å². The Bertz CT molecular complexity index is 573. The predicted molar refractivity (Wildman–Crippen MR) is 79.8 cm³/mol. The van der Waals surface area contributed by atoms with Crippen LogP contribution in [-0.2, 0) is 6.54 Å². The third-order valence-corrected chi connectivity index (χ3v) is 3.39. The van der Waals surface area contributed by atoms with Crippen molar-refractivity contribution in [3.8, 4) is 0 Å². The smallest absolute Gasteiger partial charge is 0.335 e. The number of aryl methyl sites for hydroxylation is 1. The zero-order chi connectivity index (χ0) is 14.5. The van der Waals surface area contributed by atoms with Gasteiger partial charge in [-0.2, -0.15) is 0 Å². The van der Waals surface area contributed by atoms with Crippen LogP contribution in [0.2, 0.25) is 0 Å². The van der Waals surface area contributed by atoms with Crippen molar-refractivity contribution >= 4 is 5.97 Å². The first-order chi connectivity index (χ1) is 9.56. The fraction of sp³-hybridized carbons (Fsp3) is 0.235. The molecule has 0 fully saturated rings.